The maximum Gasteiger partial charge on any atom is 0.320 e. The van der Waals surface area contributed by atoms with Crippen LogP contribution in [-0.2, 0) is 16.1 Å². The SMILES string of the molecule is CC(C)(C)OC(=O)CNCc1cc(Br)ccc1[N+](=O)[O-]. The molecule has 1 aromatic rings. The summed E-state index contributed by atoms with van der Waals surface area (Å²) < 4.78 is 5.88. The number of ether oxygens (including phenoxy) is 1. The Morgan fingerprint density at radius 3 is 2.65 bits per heavy atom. The second kappa shape index (κ2) is 6.81. The van der Waals surface area contributed by atoms with E-state index in [1.165, 1.54) is 6.07 Å². The number of carbonyl (C=O) groups excluding carboxylic acids is 1. The molecule has 0 unspecified atom stereocenters. The first kappa shape index (κ1) is 16.6. The van der Waals surface area contributed by atoms with E-state index in [0.29, 0.717) is 5.56 Å². The first-order valence-corrected chi connectivity index (χ1v) is 6.84. The van der Waals surface area contributed by atoms with Crippen molar-refractivity contribution in [2.24, 2.45) is 0 Å². The highest BCUT2D eigenvalue weighted by molar-refractivity contribution is 9.10. The Labute approximate surface area is 125 Å². The normalized spacial score (nSPS) is 11.2. The Kier molecular flexibility index (Phi) is 5.64. The fraction of sp³-hybridized carbons (Fsp3) is 0.462. The topological polar surface area (TPSA) is 81.5 Å². The minimum absolute atomic E-state index is 0.000930. The molecule has 0 radical (unpaired) electrons. The molecule has 0 atom stereocenters. The van der Waals surface area contributed by atoms with Crippen LogP contribution in [0.2, 0.25) is 0 Å². The first-order chi connectivity index (χ1) is 9.19. The number of esters is 1. The lowest BCUT2D eigenvalue weighted by Crippen LogP contribution is -2.31. The zero-order valence-corrected chi connectivity index (χ0v) is 13.2. The van der Waals surface area contributed by atoms with Crippen molar-refractivity contribution in [3.63, 3.8) is 0 Å². The highest BCUT2D eigenvalue weighted by Crippen LogP contribution is 2.22. The van der Waals surface area contributed by atoms with Crippen molar-refractivity contribution in [2.75, 3.05) is 6.54 Å². The zero-order valence-electron chi connectivity index (χ0n) is 11.6. The molecule has 7 heteroatoms. The van der Waals surface area contributed by atoms with Gasteiger partial charge in [-0.25, -0.2) is 0 Å². The standard InChI is InChI=1S/C13H17BrN2O4/c1-13(2,3)20-12(17)8-15-7-9-6-10(14)4-5-11(9)16(18)19/h4-6,15H,7-8H2,1-3H3. The largest absolute Gasteiger partial charge is 0.459 e. The van der Waals surface area contributed by atoms with Crippen LogP contribution < -0.4 is 5.32 Å². The van der Waals surface area contributed by atoms with Crippen LogP contribution in [0.5, 0.6) is 0 Å². The number of carbonyl (C=O) groups is 1. The van der Waals surface area contributed by atoms with Gasteiger partial charge in [-0.3, -0.25) is 14.9 Å². The lowest BCUT2D eigenvalue weighted by Gasteiger charge is -2.19. The Balaban J connectivity index is 2.60. The molecule has 1 rings (SSSR count). The Morgan fingerprint density at radius 2 is 2.10 bits per heavy atom. The number of nitrogens with zero attached hydrogens (tertiary/aromatic N) is 1. The van der Waals surface area contributed by atoms with Crippen LogP contribution in [0, 0.1) is 10.1 Å². The molecule has 0 aliphatic carbocycles. The third kappa shape index (κ3) is 5.66. The Morgan fingerprint density at radius 1 is 1.45 bits per heavy atom. The minimum Gasteiger partial charge on any atom is -0.459 e. The quantitative estimate of drug-likeness (QED) is 0.504. The van der Waals surface area contributed by atoms with Crippen molar-refractivity contribution >= 4 is 27.6 Å². The summed E-state index contributed by atoms with van der Waals surface area (Å²) in [6.45, 7) is 5.56. The molecular weight excluding hydrogens is 328 g/mol. The maximum atomic E-state index is 11.5. The van der Waals surface area contributed by atoms with Gasteiger partial charge in [-0.15, -0.1) is 0 Å². The van der Waals surface area contributed by atoms with Crippen molar-refractivity contribution in [3.8, 4) is 0 Å². The fourth-order valence-electron chi connectivity index (χ4n) is 1.55. The van der Waals surface area contributed by atoms with Crippen molar-refractivity contribution < 1.29 is 14.5 Å². The van der Waals surface area contributed by atoms with Gasteiger partial charge in [0.15, 0.2) is 0 Å². The van der Waals surface area contributed by atoms with Gasteiger partial charge in [0.05, 0.1) is 11.5 Å². The van der Waals surface area contributed by atoms with Crippen molar-refractivity contribution in [1.82, 2.24) is 5.32 Å². The molecule has 110 valence electrons. The lowest BCUT2D eigenvalue weighted by molar-refractivity contribution is -0.385. The van der Waals surface area contributed by atoms with Crippen LogP contribution in [0.4, 0.5) is 5.69 Å². The van der Waals surface area contributed by atoms with Crippen molar-refractivity contribution in [2.45, 2.75) is 32.9 Å². The van der Waals surface area contributed by atoms with E-state index in [-0.39, 0.29) is 18.8 Å². The molecule has 20 heavy (non-hydrogen) atoms. The van der Waals surface area contributed by atoms with E-state index in [1.807, 2.05) is 0 Å². The number of benzene rings is 1. The highest BCUT2D eigenvalue weighted by Gasteiger charge is 2.17. The molecule has 0 bridgehead atoms. The maximum absolute atomic E-state index is 11.5. The summed E-state index contributed by atoms with van der Waals surface area (Å²) in [7, 11) is 0. The van der Waals surface area contributed by atoms with Gasteiger partial charge in [0.2, 0.25) is 0 Å². The van der Waals surface area contributed by atoms with Crippen LogP contribution in [0.1, 0.15) is 26.3 Å². The summed E-state index contributed by atoms with van der Waals surface area (Å²) >= 11 is 3.26. The fourth-order valence-corrected chi connectivity index (χ4v) is 1.96. The van der Waals surface area contributed by atoms with Gasteiger partial charge in [-0.2, -0.15) is 0 Å². The molecule has 0 heterocycles. The summed E-state index contributed by atoms with van der Waals surface area (Å²) in [6, 6.07) is 4.68. The van der Waals surface area contributed by atoms with Crippen molar-refractivity contribution in [1.29, 1.82) is 0 Å². The summed E-state index contributed by atoms with van der Waals surface area (Å²) in [5, 5.41) is 13.7. The van der Waals surface area contributed by atoms with Gasteiger partial charge >= 0.3 is 5.97 Å². The van der Waals surface area contributed by atoms with Gasteiger partial charge < -0.3 is 10.1 Å². The van der Waals surface area contributed by atoms with E-state index in [0.717, 1.165) is 4.47 Å². The first-order valence-electron chi connectivity index (χ1n) is 6.04. The number of hydrogen-bond acceptors (Lipinski definition) is 5. The molecule has 0 saturated carbocycles. The van der Waals surface area contributed by atoms with E-state index in [2.05, 4.69) is 21.2 Å². The van der Waals surface area contributed by atoms with Gasteiger partial charge in [-0.05, 0) is 32.9 Å². The molecule has 0 aliphatic rings. The molecule has 1 aromatic carbocycles. The average molecular weight is 345 g/mol. The average Bonchev–Trinajstić information content (AvgIpc) is 2.26. The second-order valence-corrected chi connectivity index (χ2v) is 6.14. The smallest absolute Gasteiger partial charge is 0.320 e. The molecule has 1 N–H and O–H groups in total. The van der Waals surface area contributed by atoms with E-state index in [9.17, 15) is 14.9 Å². The van der Waals surface area contributed by atoms with E-state index >= 15 is 0 Å². The number of halogens is 1. The molecule has 0 saturated heterocycles. The van der Waals surface area contributed by atoms with Gasteiger partial charge in [-0.1, -0.05) is 15.9 Å². The molecule has 0 aromatic heterocycles. The summed E-state index contributed by atoms with van der Waals surface area (Å²) in [4.78, 5) is 21.9. The Hall–Kier alpha value is -1.47. The molecular formula is C13H17BrN2O4. The van der Waals surface area contributed by atoms with Crippen LogP contribution >= 0.6 is 15.9 Å². The van der Waals surface area contributed by atoms with Gasteiger partial charge in [0.25, 0.3) is 5.69 Å². The molecule has 0 fully saturated rings. The minimum atomic E-state index is -0.541. The molecule has 0 amide bonds. The molecule has 6 nitrogen and oxygen atoms in total. The van der Waals surface area contributed by atoms with E-state index < -0.39 is 16.5 Å². The second-order valence-electron chi connectivity index (χ2n) is 5.22. The predicted molar refractivity (Wildman–Crippen MR) is 78.3 cm³/mol. The van der Waals surface area contributed by atoms with Crippen LogP contribution in [0.3, 0.4) is 0 Å². The third-order valence-electron chi connectivity index (χ3n) is 2.24. The van der Waals surface area contributed by atoms with Crippen LogP contribution in [-0.4, -0.2) is 23.0 Å². The highest BCUT2D eigenvalue weighted by atomic mass is 79.9. The number of nitrogens with one attached hydrogen (secondary N) is 1. The Bertz CT molecular complexity index is 512. The lowest BCUT2D eigenvalue weighted by atomic mass is 10.2. The summed E-state index contributed by atoms with van der Waals surface area (Å²) in [6.07, 6.45) is 0. The third-order valence-corrected chi connectivity index (χ3v) is 2.74. The van der Waals surface area contributed by atoms with Crippen LogP contribution in [0.15, 0.2) is 22.7 Å². The summed E-state index contributed by atoms with van der Waals surface area (Å²) in [5.41, 5.74) is -0.0154. The van der Waals surface area contributed by atoms with E-state index in [1.54, 1.807) is 32.9 Å². The zero-order chi connectivity index (χ0) is 15.3. The van der Waals surface area contributed by atoms with E-state index in [4.69, 9.17) is 4.74 Å². The molecule has 0 aliphatic heterocycles. The number of hydrogen-bond donors (Lipinski definition) is 1. The number of rotatable bonds is 5. The monoisotopic (exact) mass is 344 g/mol. The van der Waals surface area contributed by atoms with Crippen molar-refractivity contribution in [3.05, 3.63) is 38.3 Å². The van der Waals surface area contributed by atoms with Gasteiger partial charge in [0, 0.05) is 22.6 Å². The number of nitro groups is 1. The number of nitro benzene ring substituents is 1. The molecule has 0 spiro atoms. The van der Waals surface area contributed by atoms with Crippen LogP contribution in [0.25, 0.3) is 0 Å². The predicted octanol–water partition coefficient (Wildman–Crippen LogP) is 2.79. The summed E-state index contributed by atoms with van der Waals surface area (Å²) in [5.74, 6) is -0.393. The van der Waals surface area contributed by atoms with Gasteiger partial charge in [0.1, 0.15) is 5.60 Å².